The highest BCUT2D eigenvalue weighted by molar-refractivity contribution is 5.89. The van der Waals surface area contributed by atoms with Crippen LogP contribution in [0.4, 0.5) is 4.79 Å². The zero-order chi connectivity index (χ0) is 14.3. The van der Waals surface area contributed by atoms with E-state index >= 15 is 0 Å². The van der Waals surface area contributed by atoms with Gasteiger partial charge in [-0.3, -0.25) is 14.6 Å². The first-order valence-electron chi connectivity index (χ1n) is 5.79. The van der Waals surface area contributed by atoms with Crippen LogP contribution >= 0.6 is 0 Å². The van der Waals surface area contributed by atoms with E-state index in [0.29, 0.717) is 11.4 Å². The van der Waals surface area contributed by atoms with Crippen molar-refractivity contribution in [1.29, 1.82) is 0 Å². The number of fused-ring (bicyclic) bond motifs is 3. The van der Waals surface area contributed by atoms with Gasteiger partial charge in [-0.2, -0.15) is 5.10 Å². The fourth-order valence-electron chi connectivity index (χ4n) is 2.13. The summed E-state index contributed by atoms with van der Waals surface area (Å²) in [6, 6.07) is 0. The van der Waals surface area contributed by atoms with Gasteiger partial charge in [0.1, 0.15) is 0 Å². The van der Waals surface area contributed by atoms with E-state index in [9.17, 15) is 9.59 Å². The molecule has 0 saturated carbocycles. The molecular formula is C12H10N4O4. The van der Waals surface area contributed by atoms with Gasteiger partial charge in [-0.25, -0.2) is 9.59 Å². The van der Waals surface area contributed by atoms with Crippen LogP contribution in [0.15, 0.2) is 23.0 Å². The highest BCUT2D eigenvalue weighted by Gasteiger charge is 2.24. The standard InChI is InChI=1S/C12H10N4O4/c17-11(18)7-3-13-4-10-8-6-15(12(19)20)2-1-9(8)14-16(10)5-7/h1-4H,5-6H2,(H,17,18)(H,19,20). The molecule has 0 bridgehead atoms. The van der Waals surface area contributed by atoms with Gasteiger partial charge in [-0.05, 0) is 6.08 Å². The summed E-state index contributed by atoms with van der Waals surface area (Å²) in [5.41, 5.74) is 2.11. The molecule has 0 unspecified atom stereocenters. The topological polar surface area (TPSA) is 108 Å². The number of hydrogen-bond donors (Lipinski definition) is 2. The average molecular weight is 274 g/mol. The van der Waals surface area contributed by atoms with Crippen LogP contribution in [-0.2, 0) is 17.9 Å². The predicted octanol–water partition coefficient (Wildman–Crippen LogP) is 0.748. The number of rotatable bonds is 1. The summed E-state index contributed by atoms with van der Waals surface area (Å²) >= 11 is 0. The second kappa shape index (κ2) is 4.34. The maximum atomic E-state index is 11.0. The van der Waals surface area contributed by atoms with E-state index in [0.717, 1.165) is 10.5 Å². The molecule has 3 rings (SSSR count). The Kier molecular flexibility index (Phi) is 2.63. The minimum atomic E-state index is -1.05. The summed E-state index contributed by atoms with van der Waals surface area (Å²) in [5, 5.41) is 22.3. The lowest BCUT2D eigenvalue weighted by Crippen LogP contribution is -2.25. The van der Waals surface area contributed by atoms with E-state index in [4.69, 9.17) is 10.2 Å². The summed E-state index contributed by atoms with van der Waals surface area (Å²) in [6.45, 7) is 0.267. The summed E-state index contributed by atoms with van der Waals surface area (Å²) in [4.78, 5) is 27.1. The molecule has 2 aliphatic rings. The Labute approximate surface area is 112 Å². The summed E-state index contributed by atoms with van der Waals surface area (Å²) in [5.74, 6) is -1.05. The van der Waals surface area contributed by atoms with Crippen LogP contribution in [0.5, 0.6) is 0 Å². The van der Waals surface area contributed by atoms with Gasteiger partial charge in [-0.1, -0.05) is 0 Å². The molecule has 3 heterocycles. The van der Waals surface area contributed by atoms with E-state index in [2.05, 4.69) is 10.1 Å². The second-order valence-corrected chi connectivity index (χ2v) is 4.37. The largest absolute Gasteiger partial charge is 0.478 e. The molecule has 0 aromatic carbocycles. The third-order valence-corrected chi connectivity index (χ3v) is 3.13. The van der Waals surface area contributed by atoms with Crippen LogP contribution in [0.1, 0.15) is 17.0 Å². The van der Waals surface area contributed by atoms with E-state index in [1.165, 1.54) is 23.3 Å². The maximum Gasteiger partial charge on any atom is 0.411 e. The van der Waals surface area contributed by atoms with Crippen molar-refractivity contribution in [3.8, 4) is 0 Å². The number of nitrogens with zero attached hydrogens (tertiary/aromatic N) is 4. The number of amides is 1. The Morgan fingerprint density at radius 1 is 1.25 bits per heavy atom. The third kappa shape index (κ3) is 1.87. The lowest BCUT2D eigenvalue weighted by atomic mass is 10.1. The van der Waals surface area contributed by atoms with Gasteiger partial charge >= 0.3 is 12.1 Å². The Balaban J connectivity index is 2.01. The first-order valence-corrected chi connectivity index (χ1v) is 5.79. The van der Waals surface area contributed by atoms with E-state index < -0.39 is 12.1 Å². The highest BCUT2D eigenvalue weighted by Crippen LogP contribution is 2.23. The summed E-state index contributed by atoms with van der Waals surface area (Å²) < 4.78 is 1.52. The lowest BCUT2D eigenvalue weighted by molar-refractivity contribution is -0.132. The highest BCUT2D eigenvalue weighted by atomic mass is 16.4. The molecule has 0 radical (unpaired) electrons. The Morgan fingerprint density at radius 3 is 2.75 bits per heavy atom. The molecule has 2 aliphatic heterocycles. The van der Waals surface area contributed by atoms with Crippen molar-refractivity contribution in [1.82, 2.24) is 14.7 Å². The zero-order valence-electron chi connectivity index (χ0n) is 10.2. The zero-order valence-corrected chi connectivity index (χ0v) is 10.2. The van der Waals surface area contributed by atoms with E-state index in [1.807, 2.05) is 0 Å². The van der Waals surface area contributed by atoms with E-state index in [-0.39, 0.29) is 18.7 Å². The van der Waals surface area contributed by atoms with E-state index in [1.54, 1.807) is 6.08 Å². The number of aromatic nitrogens is 2. The molecule has 1 aromatic heterocycles. The van der Waals surface area contributed by atoms with Crippen molar-refractivity contribution in [2.24, 2.45) is 4.99 Å². The molecule has 0 atom stereocenters. The summed E-state index contributed by atoms with van der Waals surface area (Å²) in [7, 11) is 0. The number of carbonyl (C=O) groups is 2. The molecular weight excluding hydrogens is 264 g/mol. The van der Waals surface area contributed by atoms with Crippen molar-refractivity contribution < 1.29 is 19.8 Å². The van der Waals surface area contributed by atoms with Crippen molar-refractivity contribution >= 4 is 24.4 Å². The van der Waals surface area contributed by atoms with Crippen molar-refractivity contribution in [3.63, 3.8) is 0 Å². The fraction of sp³-hybridized carbons (Fsp3) is 0.167. The molecule has 2 N–H and O–H groups in total. The molecule has 0 spiro atoms. The Hall–Kier alpha value is -2.90. The first kappa shape index (κ1) is 12.2. The van der Waals surface area contributed by atoms with Gasteiger partial charge in [-0.15, -0.1) is 0 Å². The SMILES string of the molecule is O=C(O)C1=CN=Cc2c3c(nn2C1)C=CN(C(=O)O)C3. The molecule has 0 aliphatic carbocycles. The second-order valence-electron chi connectivity index (χ2n) is 4.37. The predicted molar refractivity (Wildman–Crippen MR) is 68.1 cm³/mol. The van der Waals surface area contributed by atoms with Crippen molar-refractivity contribution in [2.75, 3.05) is 0 Å². The molecule has 8 nitrogen and oxygen atoms in total. The quantitative estimate of drug-likeness (QED) is 0.785. The van der Waals surface area contributed by atoms with Gasteiger partial charge in [0.05, 0.1) is 36.3 Å². The van der Waals surface area contributed by atoms with Crippen molar-refractivity contribution in [2.45, 2.75) is 13.1 Å². The molecule has 1 amide bonds. The smallest absolute Gasteiger partial charge is 0.411 e. The van der Waals surface area contributed by atoms with Crippen LogP contribution in [0.25, 0.3) is 6.08 Å². The lowest BCUT2D eigenvalue weighted by Gasteiger charge is -2.17. The maximum absolute atomic E-state index is 11.0. The first-order chi connectivity index (χ1) is 9.56. The normalized spacial score (nSPS) is 16.2. The van der Waals surface area contributed by atoms with Gasteiger partial charge < -0.3 is 10.2 Å². The third-order valence-electron chi connectivity index (χ3n) is 3.13. The number of aliphatic carboxylic acids is 1. The van der Waals surface area contributed by atoms with Gasteiger partial charge in [0.25, 0.3) is 0 Å². The monoisotopic (exact) mass is 274 g/mol. The number of aliphatic imine (C=N–C) groups is 1. The van der Waals surface area contributed by atoms with Crippen LogP contribution < -0.4 is 0 Å². The minimum Gasteiger partial charge on any atom is -0.478 e. The molecule has 20 heavy (non-hydrogen) atoms. The molecule has 1 aromatic rings. The van der Waals surface area contributed by atoms with Crippen LogP contribution in [0.3, 0.4) is 0 Å². The van der Waals surface area contributed by atoms with Gasteiger partial charge in [0, 0.05) is 18.0 Å². The molecule has 102 valence electrons. The molecule has 0 fully saturated rings. The Bertz CT molecular complexity index is 699. The van der Waals surface area contributed by atoms with Crippen molar-refractivity contribution in [3.05, 3.63) is 34.9 Å². The van der Waals surface area contributed by atoms with Crippen LogP contribution in [0.2, 0.25) is 0 Å². The van der Waals surface area contributed by atoms with Gasteiger partial charge in [0.15, 0.2) is 0 Å². The number of carboxylic acid groups (broad SMARTS) is 2. The van der Waals surface area contributed by atoms with Gasteiger partial charge in [0.2, 0.25) is 0 Å². The molecule has 8 heteroatoms. The van der Waals surface area contributed by atoms with Crippen LogP contribution in [-0.4, -0.2) is 43.2 Å². The summed E-state index contributed by atoms with van der Waals surface area (Å²) in [6.07, 6.45) is 4.74. The Morgan fingerprint density at radius 2 is 2.05 bits per heavy atom. The fourth-order valence-corrected chi connectivity index (χ4v) is 2.13. The van der Waals surface area contributed by atoms with Crippen LogP contribution in [0, 0.1) is 0 Å². The number of carboxylic acids is 1. The minimum absolute atomic E-state index is 0.0958. The molecule has 0 saturated heterocycles. The number of hydrogen-bond acceptors (Lipinski definition) is 4. The average Bonchev–Trinajstić information content (AvgIpc) is 2.60.